The van der Waals surface area contributed by atoms with Crippen LogP contribution in [0.4, 0.5) is 0 Å². The van der Waals surface area contributed by atoms with Gasteiger partial charge in [-0.05, 0) is 26.3 Å². The Morgan fingerprint density at radius 2 is 2.55 bits per heavy atom. The second kappa shape index (κ2) is 2.62. The van der Waals surface area contributed by atoms with E-state index >= 15 is 0 Å². The van der Waals surface area contributed by atoms with Gasteiger partial charge in [0.05, 0.1) is 6.04 Å². The molecule has 0 aliphatic carbocycles. The Bertz CT molecular complexity index is 240. The van der Waals surface area contributed by atoms with Crippen molar-refractivity contribution >= 4 is 0 Å². The molecule has 4 nitrogen and oxygen atoms in total. The average molecular weight is 153 g/mol. The molecule has 1 saturated heterocycles. The summed E-state index contributed by atoms with van der Waals surface area (Å²) < 4.78 is 5.02. The second-order valence-corrected chi connectivity index (χ2v) is 2.83. The predicted octanol–water partition coefficient (Wildman–Crippen LogP) is 0.803. The van der Waals surface area contributed by atoms with E-state index in [-0.39, 0.29) is 0 Å². The van der Waals surface area contributed by atoms with Gasteiger partial charge in [-0.25, -0.2) is 0 Å². The lowest BCUT2D eigenvalue weighted by Crippen LogP contribution is -2.12. The predicted molar refractivity (Wildman–Crippen MR) is 39.0 cm³/mol. The van der Waals surface area contributed by atoms with Crippen LogP contribution in [0.25, 0.3) is 0 Å². The molecule has 1 fully saturated rings. The lowest BCUT2D eigenvalue weighted by Gasteiger charge is -2.00. The van der Waals surface area contributed by atoms with E-state index in [1.807, 2.05) is 6.92 Å². The first kappa shape index (κ1) is 6.79. The molecule has 0 amide bonds. The maximum Gasteiger partial charge on any atom is 0.243 e. The highest BCUT2D eigenvalue weighted by atomic mass is 16.5. The molecular formula is C7H11N3O. The number of nitrogens with zero attached hydrogens (tertiary/aromatic N) is 2. The zero-order valence-electron chi connectivity index (χ0n) is 6.50. The number of aromatic nitrogens is 2. The van der Waals surface area contributed by atoms with E-state index in [2.05, 4.69) is 15.5 Å². The van der Waals surface area contributed by atoms with E-state index in [1.54, 1.807) is 0 Å². The summed E-state index contributed by atoms with van der Waals surface area (Å²) in [6.45, 7) is 2.90. The van der Waals surface area contributed by atoms with E-state index in [0.29, 0.717) is 11.9 Å². The second-order valence-electron chi connectivity index (χ2n) is 2.83. The summed E-state index contributed by atoms with van der Waals surface area (Å²) in [6.07, 6.45) is 2.31. The van der Waals surface area contributed by atoms with Gasteiger partial charge in [-0.15, -0.1) is 0 Å². The van der Waals surface area contributed by atoms with Gasteiger partial charge < -0.3 is 9.84 Å². The lowest BCUT2D eigenvalue weighted by atomic mass is 10.2. The van der Waals surface area contributed by atoms with Crippen molar-refractivity contribution in [2.24, 2.45) is 0 Å². The molecule has 2 rings (SSSR count). The normalized spacial score (nSPS) is 24.3. The Kier molecular flexibility index (Phi) is 1.62. The minimum atomic E-state index is 0.302. The molecule has 1 atom stereocenters. The fourth-order valence-electron chi connectivity index (χ4n) is 1.35. The third-order valence-electron chi connectivity index (χ3n) is 1.90. The van der Waals surface area contributed by atoms with Crippen molar-refractivity contribution < 1.29 is 4.52 Å². The maximum atomic E-state index is 5.02. The molecule has 0 saturated carbocycles. The van der Waals surface area contributed by atoms with Crippen LogP contribution in [0, 0.1) is 6.92 Å². The van der Waals surface area contributed by atoms with E-state index in [9.17, 15) is 0 Å². The summed E-state index contributed by atoms with van der Waals surface area (Å²) >= 11 is 0. The zero-order valence-corrected chi connectivity index (χ0v) is 6.50. The average Bonchev–Trinajstić information content (AvgIpc) is 2.55. The molecule has 1 aliphatic rings. The molecule has 11 heavy (non-hydrogen) atoms. The van der Waals surface area contributed by atoms with Crippen molar-refractivity contribution in [2.45, 2.75) is 25.8 Å². The molecule has 1 unspecified atom stereocenters. The van der Waals surface area contributed by atoms with Crippen molar-refractivity contribution in [3.05, 3.63) is 11.7 Å². The first-order valence-corrected chi connectivity index (χ1v) is 3.90. The quantitative estimate of drug-likeness (QED) is 0.648. The first-order chi connectivity index (χ1) is 5.36. The van der Waals surface area contributed by atoms with Crippen molar-refractivity contribution in [3.8, 4) is 0 Å². The molecule has 0 aromatic carbocycles. The van der Waals surface area contributed by atoms with Gasteiger partial charge in [-0.3, -0.25) is 0 Å². The Hall–Kier alpha value is -0.900. The number of nitrogens with one attached hydrogen (secondary N) is 1. The minimum absolute atomic E-state index is 0.302. The Labute approximate surface area is 65.0 Å². The summed E-state index contributed by atoms with van der Waals surface area (Å²) in [7, 11) is 0. The van der Waals surface area contributed by atoms with E-state index in [4.69, 9.17) is 4.52 Å². The molecule has 1 aliphatic heterocycles. The SMILES string of the molecule is Cc1noc(C2CCCN2)n1. The maximum absolute atomic E-state index is 5.02. The summed E-state index contributed by atoms with van der Waals surface area (Å²) in [6, 6.07) is 0.302. The van der Waals surface area contributed by atoms with Gasteiger partial charge in [0.1, 0.15) is 0 Å². The monoisotopic (exact) mass is 153 g/mol. The number of aryl methyl sites for hydroxylation is 1. The van der Waals surface area contributed by atoms with Crippen LogP contribution in [0.3, 0.4) is 0 Å². The van der Waals surface area contributed by atoms with Crippen LogP contribution in [-0.4, -0.2) is 16.7 Å². The van der Waals surface area contributed by atoms with Gasteiger partial charge in [0.2, 0.25) is 5.89 Å². The molecule has 1 aromatic heterocycles. The van der Waals surface area contributed by atoms with Crippen LogP contribution in [-0.2, 0) is 0 Å². The van der Waals surface area contributed by atoms with Crippen LogP contribution in [0.1, 0.15) is 30.6 Å². The highest BCUT2D eigenvalue weighted by Crippen LogP contribution is 2.20. The van der Waals surface area contributed by atoms with Crippen LogP contribution in [0.15, 0.2) is 4.52 Å². The molecule has 4 heteroatoms. The third-order valence-corrected chi connectivity index (χ3v) is 1.90. The fraction of sp³-hybridized carbons (Fsp3) is 0.714. The Morgan fingerprint density at radius 1 is 1.64 bits per heavy atom. The smallest absolute Gasteiger partial charge is 0.243 e. The van der Waals surface area contributed by atoms with Gasteiger partial charge in [0.25, 0.3) is 0 Å². The molecule has 1 N–H and O–H groups in total. The molecule has 1 aromatic rings. The molecule has 0 radical (unpaired) electrons. The van der Waals surface area contributed by atoms with Crippen molar-refractivity contribution in [3.63, 3.8) is 0 Å². The lowest BCUT2D eigenvalue weighted by molar-refractivity contribution is 0.342. The molecule has 0 bridgehead atoms. The molecular weight excluding hydrogens is 142 g/mol. The molecule has 0 spiro atoms. The summed E-state index contributed by atoms with van der Waals surface area (Å²) in [5, 5.41) is 7.03. The Morgan fingerprint density at radius 3 is 3.09 bits per heavy atom. The third kappa shape index (κ3) is 1.26. The van der Waals surface area contributed by atoms with Crippen LogP contribution < -0.4 is 5.32 Å². The van der Waals surface area contributed by atoms with Gasteiger partial charge in [-0.2, -0.15) is 4.98 Å². The number of hydrogen-bond donors (Lipinski definition) is 1. The van der Waals surface area contributed by atoms with E-state index in [0.717, 1.165) is 18.9 Å². The molecule has 2 heterocycles. The van der Waals surface area contributed by atoms with Crippen LogP contribution >= 0.6 is 0 Å². The van der Waals surface area contributed by atoms with Crippen molar-refractivity contribution in [1.29, 1.82) is 0 Å². The minimum Gasteiger partial charge on any atom is -0.338 e. The Balaban J connectivity index is 2.15. The van der Waals surface area contributed by atoms with E-state index in [1.165, 1.54) is 6.42 Å². The highest BCUT2D eigenvalue weighted by Gasteiger charge is 2.21. The van der Waals surface area contributed by atoms with Gasteiger partial charge in [0, 0.05) is 0 Å². The van der Waals surface area contributed by atoms with E-state index < -0.39 is 0 Å². The fourth-order valence-corrected chi connectivity index (χ4v) is 1.35. The summed E-state index contributed by atoms with van der Waals surface area (Å²) in [4.78, 5) is 4.15. The standard InChI is InChI=1S/C7H11N3O/c1-5-9-7(11-10-5)6-3-2-4-8-6/h6,8H,2-4H2,1H3. The van der Waals surface area contributed by atoms with Crippen molar-refractivity contribution in [1.82, 2.24) is 15.5 Å². The summed E-state index contributed by atoms with van der Waals surface area (Å²) in [5.74, 6) is 1.45. The van der Waals surface area contributed by atoms with Gasteiger partial charge in [0.15, 0.2) is 5.82 Å². The molecule has 60 valence electrons. The zero-order chi connectivity index (χ0) is 7.68. The number of rotatable bonds is 1. The van der Waals surface area contributed by atoms with Gasteiger partial charge >= 0.3 is 0 Å². The van der Waals surface area contributed by atoms with Crippen LogP contribution in [0.5, 0.6) is 0 Å². The first-order valence-electron chi connectivity index (χ1n) is 3.90. The summed E-state index contributed by atoms with van der Waals surface area (Å²) in [5.41, 5.74) is 0. The number of hydrogen-bond acceptors (Lipinski definition) is 4. The van der Waals surface area contributed by atoms with Gasteiger partial charge in [-0.1, -0.05) is 5.16 Å². The largest absolute Gasteiger partial charge is 0.338 e. The van der Waals surface area contributed by atoms with Crippen LogP contribution in [0.2, 0.25) is 0 Å². The van der Waals surface area contributed by atoms with Crippen molar-refractivity contribution in [2.75, 3.05) is 6.54 Å². The highest BCUT2D eigenvalue weighted by molar-refractivity contribution is 4.93. The topological polar surface area (TPSA) is 51.0 Å².